The molecule has 38 heavy (non-hydrogen) atoms. The second kappa shape index (κ2) is 12.0. The van der Waals surface area contributed by atoms with Gasteiger partial charge in [0.15, 0.2) is 0 Å². The quantitative estimate of drug-likeness (QED) is 0.300. The van der Waals surface area contributed by atoms with Crippen molar-refractivity contribution >= 4 is 27.3 Å². The molecule has 1 amide bonds. The predicted molar refractivity (Wildman–Crippen MR) is 153 cm³/mol. The van der Waals surface area contributed by atoms with E-state index in [-0.39, 0.29) is 29.4 Å². The van der Waals surface area contributed by atoms with Crippen LogP contribution >= 0.6 is 11.3 Å². The molecule has 8 heteroatoms. The molecule has 0 spiro atoms. The molecule has 3 aromatic rings. The summed E-state index contributed by atoms with van der Waals surface area (Å²) in [7, 11) is -3.84. The van der Waals surface area contributed by atoms with Crippen LogP contribution in [0.4, 0.5) is 0 Å². The largest absolute Gasteiger partial charge is 0.491 e. The number of ether oxygens (including phenoxy) is 1. The third-order valence-electron chi connectivity index (χ3n) is 7.37. The third-order valence-corrected chi connectivity index (χ3v) is 10.3. The van der Waals surface area contributed by atoms with Gasteiger partial charge in [0.2, 0.25) is 15.9 Å². The molecule has 1 aliphatic rings. The molecule has 2 atom stereocenters. The molecule has 0 N–H and O–H groups in total. The van der Waals surface area contributed by atoms with E-state index in [1.54, 1.807) is 40.5 Å². The van der Waals surface area contributed by atoms with Gasteiger partial charge in [-0.2, -0.15) is 4.31 Å². The van der Waals surface area contributed by atoms with Crippen LogP contribution in [0.5, 0.6) is 5.75 Å². The highest BCUT2D eigenvalue weighted by Gasteiger charge is 2.36. The number of rotatable bonds is 10. The first-order chi connectivity index (χ1) is 18.1. The highest BCUT2D eigenvalue weighted by molar-refractivity contribution is 7.89. The van der Waals surface area contributed by atoms with E-state index in [9.17, 15) is 13.2 Å². The first-order valence-electron chi connectivity index (χ1n) is 13.3. The van der Waals surface area contributed by atoms with E-state index in [0.717, 1.165) is 23.3 Å². The van der Waals surface area contributed by atoms with Crippen LogP contribution in [-0.2, 0) is 21.2 Å². The zero-order valence-electron chi connectivity index (χ0n) is 22.9. The van der Waals surface area contributed by atoms with Crippen molar-refractivity contribution in [3.05, 3.63) is 81.5 Å². The summed E-state index contributed by atoms with van der Waals surface area (Å²) >= 11 is 1.69. The van der Waals surface area contributed by atoms with Gasteiger partial charge in [0.1, 0.15) is 12.4 Å². The summed E-state index contributed by atoms with van der Waals surface area (Å²) in [6.45, 7) is 10.7. The summed E-state index contributed by atoms with van der Waals surface area (Å²) in [5.74, 6) is 0.988. The molecule has 4 rings (SSSR count). The molecule has 1 aromatic heterocycles. The van der Waals surface area contributed by atoms with Gasteiger partial charge in [-0.05, 0) is 79.4 Å². The number of hydrogen-bond acceptors (Lipinski definition) is 5. The minimum absolute atomic E-state index is 0.204. The zero-order chi connectivity index (χ0) is 27.4. The van der Waals surface area contributed by atoms with Crippen molar-refractivity contribution < 1.29 is 17.9 Å². The Morgan fingerprint density at radius 2 is 1.76 bits per heavy atom. The molecule has 0 bridgehead atoms. The van der Waals surface area contributed by atoms with E-state index in [2.05, 4.69) is 37.4 Å². The van der Waals surface area contributed by atoms with Crippen molar-refractivity contribution in [1.82, 2.24) is 9.21 Å². The van der Waals surface area contributed by atoms with E-state index in [4.69, 9.17) is 4.74 Å². The lowest BCUT2D eigenvalue weighted by Crippen LogP contribution is -2.49. The fourth-order valence-electron chi connectivity index (χ4n) is 4.75. The maximum Gasteiger partial charge on any atom is 0.243 e. The molecule has 0 saturated carbocycles. The summed E-state index contributed by atoms with van der Waals surface area (Å²) in [5.41, 5.74) is 3.31. The molecule has 1 aliphatic heterocycles. The second-order valence-electron chi connectivity index (χ2n) is 10.3. The Hall–Kier alpha value is -2.68. The molecular weight excluding hydrogens is 516 g/mol. The maximum atomic E-state index is 13.8. The predicted octanol–water partition coefficient (Wildman–Crippen LogP) is 6.17. The Bertz CT molecular complexity index is 1330. The van der Waals surface area contributed by atoms with E-state index >= 15 is 0 Å². The van der Waals surface area contributed by atoms with Gasteiger partial charge in [-0.15, -0.1) is 11.3 Å². The number of nitrogens with zero attached hydrogens (tertiary/aromatic N) is 2. The molecular formula is C30H38N2O4S2. The average molecular weight is 555 g/mol. The van der Waals surface area contributed by atoms with Crippen LogP contribution in [0.1, 0.15) is 67.6 Å². The van der Waals surface area contributed by atoms with Gasteiger partial charge in [0.25, 0.3) is 0 Å². The van der Waals surface area contributed by atoms with E-state index in [1.807, 2.05) is 32.9 Å². The Morgan fingerprint density at radius 3 is 2.39 bits per heavy atom. The number of carbonyl (C=O) groups is 1. The lowest BCUT2D eigenvalue weighted by atomic mass is 10.00. The molecule has 2 heterocycles. The molecule has 0 saturated heterocycles. The number of thiophene rings is 1. The fourth-order valence-corrected chi connectivity index (χ4v) is 7.33. The number of aryl methyl sites for hydroxylation is 1. The van der Waals surface area contributed by atoms with Gasteiger partial charge in [0.05, 0.1) is 17.5 Å². The van der Waals surface area contributed by atoms with E-state index in [0.29, 0.717) is 25.5 Å². The summed E-state index contributed by atoms with van der Waals surface area (Å²) in [6.07, 6.45) is 1.36. The van der Waals surface area contributed by atoms with Crippen LogP contribution in [0.15, 0.2) is 64.9 Å². The van der Waals surface area contributed by atoms with Crippen LogP contribution < -0.4 is 4.74 Å². The van der Waals surface area contributed by atoms with E-state index < -0.39 is 10.0 Å². The van der Waals surface area contributed by atoms with Crippen LogP contribution in [0.3, 0.4) is 0 Å². The van der Waals surface area contributed by atoms with Crippen molar-refractivity contribution in [1.29, 1.82) is 0 Å². The summed E-state index contributed by atoms with van der Waals surface area (Å²) < 4.78 is 34.8. The molecule has 0 aliphatic carbocycles. The average Bonchev–Trinajstić information content (AvgIpc) is 3.39. The lowest BCUT2D eigenvalue weighted by Gasteiger charge is -2.37. The highest BCUT2D eigenvalue weighted by Crippen LogP contribution is 2.34. The zero-order valence-corrected chi connectivity index (χ0v) is 24.5. The van der Waals surface area contributed by atoms with Gasteiger partial charge >= 0.3 is 0 Å². The van der Waals surface area contributed by atoms with Crippen LogP contribution in [0, 0.1) is 6.92 Å². The van der Waals surface area contributed by atoms with Crippen LogP contribution in [-0.4, -0.2) is 49.3 Å². The molecule has 204 valence electrons. The van der Waals surface area contributed by atoms with Crippen molar-refractivity contribution in [2.24, 2.45) is 0 Å². The smallest absolute Gasteiger partial charge is 0.243 e. The Morgan fingerprint density at radius 1 is 1.08 bits per heavy atom. The summed E-state index contributed by atoms with van der Waals surface area (Å²) in [5, 5.41) is 2.05. The standard InChI is InChI=1S/C30H38N2O4S2/c1-6-23(5)32(38(34,35)26-13-7-22(4)8-14-26)19-30(33)31-17-15-29-27(16-18-37-29)28(31)20-36-25-11-9-24(10-12-25)21(2)3/h7-14,16,18,21,23,28H,6,15,17,19-20H2,1-5H3/t23-,28+/m0/s1. The normalized spacial score (nSPS) is 16.5. The monoisotopic (exact) mass is 554 g/mol. The number of sulfonamides is 1. The Kier molecular flexibility index (Phi) is 8.96. The molecule has 2 aromatic carbocycles. The SMILES string of the molecule is CC[C@H](C)N(CC(=O)N1CCc2sccc2[C@H]1COc1ccc(C(C)C)cc1)S(=O)(=O)c1ccc(C)cc1. The number of fused-ring (bicyclic) bond motifs is 1. The van der Waals surface area contributed by atoms with Crippen molar-refractivity contribution in [3.8, 4) is 5.75 Å². The Labute approximate surface area is 231 Å². The summed E-state index contributed by atoms with van der Waals surface area (Å²) in [4.78, 5) is 17.1. The van der Waals surface area contributed by atoms with Crippen molar-refractivity contribution in [3.63, 3.8) is 0 Å². The van der Waals surface area contributed by atoms with Crippen molar-refractivity contribution in [2.75, 3.05) is 19.7 Å². The van der Waals surface area contributed by atoms with Gasteiger partial charge in [-0.1, -0.05) is 50.6 Å². The maximum absolute atomic E-state index is 13.8. The molecule has 0 radical (unpaired) electrons. The van der Waals surface area contributed by atoms with Crippen molar-refractivity contribution in [2.45, 2.75) is 70.4 Å². The van der Waals surface area contributed by atoms with Gasteiger partial charge in [-0.3, -0.25) is 4.79 Å². The number of amides is 1. The Balaban J connectivity index is 1.56. The van der Waals surface area contributed by atoms with Gasteiger partial charge < -0.3 is 9.64 Å². The molecule has 0 fully saturated rings. The number of carbonyl (C=O) groups excluding carboxylic acids is 1. The summed E-state index contributed by atoms with van der Waals surface area (Å²) in [6, 6.07) is 16.3. The number of hydrogen-bond donors (Lipinski definition) is 0. The van der Waals surface area contributed by atoms with Crippen LogP contribution in [0.25, 0.3) is 0 Å². The second-order valence-corrected chi connectivity index (χ2v) is 13.2. The van der Waals surface area contributed by atoms with Crippen LogP contribution in [0.2, 0.25) is 0 Å². The molecule has 6 nitrogen and oxygen atoms in total. The minimum atomic E-state index is -3.84. The van der Waals surface area contributed by atoms with Gasteiger partial charge in [-0.25, -0.2) is 8.42 Å². The minimum Gasteiger partial charge on any atom is -0.491 e. The first-order valence-corrected chi connectivity index (χ1v) is 15.6. The first kappa shape index (κ1) is 28.3. The number of benzene rings is 2. The lowest BCUT2D eigenvalue weighted by molar-refractivity contribution is -0.135. The van der Waals surface area contributed by atoms with Gasteiger partial charge in [0, 0.05) is 17.5 Å². The molecule has 0 unspecified atom stereocenters. The highest BCUT2D eigenvalue weighted by atomic mass is 32.2. The van der Waals surface area contributed by atoms with E-state index in [1.165, 1.54) is 14.7 Å². The third kappa shape index (κ3) is 6.14. The topological polar surface area (TPSA) is 66.9 Å². The fraction of sp³-hybridized carbons (Fsp3) is 0.433.